The number of rotatable bonds is 5. The number of anilines is 1. The Balaban J connectivity index is 1.59. The fourth-order valence-electron chi connectivity index (χ4n) is 2.91. The van der Waals surface area contributed by atoms with Gasteiger partial charge in [-0.15, -0.1) is 0 Å². The van der Waals surface area contributed by atoms with Crippen LogP contribution in [0, 0.1) is 5.82 Å². The van der Waals surface area contributed by atoms with Crippen molar-refractivity contribution in [3.05, 3.63) is 57.3 Å². The molecule has 156 valence electrons. The SMILES string of the molecule is O=C(CN1CCN(S(=O)(=O)c2ccc(F)c(Cl)c2)CC1)Nc1c(Cl)cccc1Cl. The van der Waals surface area contributed by atoms with Crippen molar-refractivity contribution in [2.75, 3.05) is 38.0 Å². The zero-order valence-corrected chi connectivity index (χ0v) is 18.1. The van der Waals surface area contributed by atoms with Crippen LogP contribution in [0.25, 0.3) is 0 Å². The van der Waals surface area contributed by atoms with Gasteiger partial charge < -0.3 is 5.32 Å². The number of sulfonamides is 1. The van der Waals surface area contributed by atoms with Crippen LogP contribution < -0.4 is 5.32 Å². The summed E-state index contributed by atoms with van der Waals surface area (Å²) in [6, 6.07) is 8.22. The summed E-state index contributed by atoms with van der Waals surface area (Å²) in [5, 5.41) is 3.09. The number of carbonyl (C=O) groups is 1. The van der Waals surface area contributed by atoms with E-state index in [0.29, 0.717) is 28.8 Å². The Labute approximate surface area is 183 Å². The van der Waals surface area contributed by atoms with Gasteiger partial charge in [-0.25, -0.2) is 12.8 Å². The van der Waals surface area contributed by atoms with Gasteiger partial charge in [-0.05, 0) is 30.3 Å². The minimum atomic E-state index is -3.79. The van der Waals surface area contributed by atoms with Crippen LogP contribution in [0.2, 0.25) is 15.1 Å². The van der Waals surface area contributed by atoms with Gasteiger partial charge in [0.15, 0.2) is 0 Å². The van der Waals surface area contributed by atoms with Gasteiger partial charge in [0, 0.05) is 26.2 Å². The molecule has 1 heterocycles. The largest absolute Gasteiger partial charge is 0.322 e. The molecule has 1 aliphatic heterocycles. The Morgan fingerprint density at radius 1 is 1.00 bits per heavy atom. The van der Waals surface area contributed by atoms with Crippen LogP contribution >= 0.6 is 34.8 Å². The first-order valence-corrected chi connectivity index (χ1v) is 11.2. The maximum atomic E-state index is 13.3. The second kappa shape index (κ2) is 9.16. The summed E-state index contributed by atoms with van der Waals surface area (Å²) in [6.45, 7) is 1.17. The number of amides is 1. The molecule has 2 aromatic carbocycles. The van der Waals surface area contributed by atoms with E-state index in [4.69, 9.17) is 34.8 Å². The molecule has 0 radical (unpaired) electrons. The molecule has 0 saturated carbocycles. The number of piperazine rings is 1. The van der Waals surface area contributed by atoms with Crippen LogP contribution in [0.4, 0.5) is 10.1 Å². The van der Waals surface area contributed by atoms with Crippen molar-refractivity contribution >= 4 is 56.4 Å². The van der Waals surface area contributed by atoms with Gasteiger partial charge in [-0.3, -0.25) is 9.69 Å². The normalized spacial score (nSPS) is 16.0. The van der Waals surface area contributed by atoms with E-state index in [9.17, 15) is 17.6 Å². The summed E-state index contributed by atoms with van der Waals surface area (Å²) in [6.07, 6.45) is 0. The van der Waals surface area contributed by atoms with E-state index < -0.39 is 15.8 Å². The summed E-state index contributed by atoms with van der Waals surface area (Å²) in [4.78, 5) is 14.1. The molecule has 0 aliphatic carbocycles. The van der Waals surface area contributed by atoms with Crippen LogP contribution in [0.5, 0.6) is 0 Å². The van der Waals surface area contributed by atoms with Gasteiger partial charge in [-0.2, -0.15) is 4.31 Å². The molecule has 2 aromatic rings. The molecule has 3 rings (SSSR count). The van der Waals surface area contributed by atoms with E-state index in [2.05, 4.69) is 5.32 Å². The Morgan fingerprint density at radius 2 is 1.62 bits per heavy atom. The zero-order valence-electron chi connectivity index (χ0n) is 15.0. The second-order valence-corrected chi connectivity index (χ2v) is 9.56. The Hall–Kier alpha value is -1.42. The van der Waals surface area contributed by atoms with Gasteiger partial charge in [0.25, 0.3) is 0 Å². The van der Waals surface area contributed by atoms with E-state index in [1.54, 1.807) is 18.2 Å². The molecule has 1 N–H and O–H groups in total. The van der Waals surface area contributed by atoms with E-state index in [0.717, 1.165) is 12.1 Å². The van der Waals surface area contributed by atoms with E-state index >= 15 is 0 Å². The third kappa shape index (κ3) is 5.20. The Bertz CT molecular complexity index is 1010. The molecule has 29 heavy (non-hydrogen) atoms. The van der Waals surface area contributed by atoms with Crippen molar-refractivity contribution in [2.45, 2.75) is 4.90 Å². The monoisotopic (exact) mass is 479 g/mol. The highest BCUT2D eigenvalue weighted by molar-refractivity contribution is 7.89. The smallest absolute Gasteiger partial charge is 0.243 e. The fraction of sp³-hybridized carbons (Fsp3) is 0.278. The molecule has 1 fully saturated rings. The van der Waals surface area contributed by atoms with Crippen molar-refractivity contribution < 1.29 is 17.6 Å². The van der Waals surface area contributed by atoms with E-state index in [-0.39, 0.29) is 35.5 Å². The predicted octanol–water partition coefficient (Wildman–Crippen LogP) is 3.73. The Kier molecular flexibility index (Phi) is 7.03. The lowest BCUT2D eigenvalue weighted by Crippen LogP contribution is -2.50. The third-order valence-electron chi connectivity index (χ3n) is 4.45. The summed E-state index contributed by atoms with van der Waals surface area (Å²) in [5.74, 6) is -0.985. The minimum absolute atomic E-state index is 0.0662. The number of para-hydroxylation sites is 1. The molecule has 0 atom stereocenters. The lowest BCUT2D eigenvalue weighted by Gasteiger charge is -2.33. The van der Waals surface area contributed by atoms with Crippen LogP contribution in [0.1, 0.15) is 0 Å². The van der Waals surface area contributed by atoms with E-state index in [1.807, 2.05) is 4.90 Å². The van der Waals surface area contributed by atoms with Crippen LogP contribution in [0.3, 0.4) is 0 Å². The van der Waals surface area contributed by atoms with Crippen LogP contribution in [0.15, 0.2) is 41.3 Å². The average molecular weight is 481 g/mol. The number of hydrogen-bond acceptors (Lipinski definition) is 4. The van der Waals surface area contributed by atoms with Gasteiger partial charge in [0.05, 0.1) is 32.2 Å². The molecule has 0 unspecified atom stereocenters. The molecule has 11 heteroatoms. The molecule has 0 aromatic heterocycles. The molecular weight excluding hydrogens is 464 g/mol. The van der Waals surface area contributed by atoms with Crippen molar-refractivity contribution in [1.29, 1.82) is 0 Å². The highest BCUT2D eigenvalue weighted by atomic mass is 35.5. The number of halogens is 4. The molecule has 1 aliphatic rings. The number of hydrogen-bond donors (Lipinski definition) is 1. The maximum Gasteiger partial charge on any atom is 0.243 e. The number of nitrogens with one attached hydrogen (secondary N) is 1. The van der Waals surface area contributed by atoms with E-state index in [1.165, 1.54) is 10.4 Å². The molecule has 1 amide bonds. The molecule has 0 spiro atoms. The summed E-state index contributed by atoms with van der Waals surface area (Å²) in [7, 11) is -3.79. The second-order valence-electron chi connectivity index (χ2n) is 6.40. The summed E-state index contributed by atoms with van der Waals surface area (Å²) >= 11 is 17.8. The first-order valence-electron chi connectivity index (χ1n) is 8.60. The number of nitrogens with zero attached hydrogens (tertiary/aromatic N) is 2. The highest BCUT2D eigenvalue weighted by Gasteiger charge is 2.29. The lowest BCUT2D eigenvalue weighted by molar-refractivity contribution is -0.117. The first-order chi connectivity index (χ1) is 13.7. The molecule has 0 bridgehead atoms. The number of benzene rings is 2. The van der Waals surface area contributed by atoms with Crippen molar-refractivity contribution in [3.8, 4) is 0 Å². The zero-order chi connectivity index (χ0) is 21.2. The minimum Gasteiger partial charge on any atom is -0.322 e. The van der Waals surface area contributed by atoms with Crippen LogP contribution in [-0.2, 0) is 14.8 Å². The quantitative estimate of drug-likeness (QED) is 0.708. The fourth-order valence-corrected chi connectivity index (χ4v) is 5.10. The molecule has 1 saturated heterocycles. The highest BCUT2D eigenvalue weighted by Crippen LogP contribution is 2.29. The topological polar surface area (TPSA) is 69.7 Å². The number of carbonyl (C=O) groups excluding carboxylic acids is 1. The predicted molar refractivity (Wildman–Crippen MR) is 112 cm³/mol. The molecule has 6 nitrogen and oxygen atoms in total. The van der Waals surface area contributed by atoms with Crippen molar-refractivity contribution in [2.24, 2.45) is 0 Å². The first kappa shape index (κ1) is 22.3. The van der Waals surface area contributed by atoms with Gasteiger partial charge >= 0.3 is 0 Å². The van der Waals surface area contributed by atoms with Crippen molar-refractivity contribution in [3.63, 3.8) is 0 Å². The summed E-state index contributed by atoms with van der Waals surface area (Å²) in [5.41, 5.74) is 0.343. The summed E-state index contributed by atoms with van der Waals surface area (Å²) < 4.78 is 40.0. The third-order valence-corrected chi connectivity index (χ3v) is 7.27. The molecular formula is C18H17Cl3FN3O3S. The Morgan fingerprint density at radius 3 is 2.21 bits per heavy atom. The standard InChI is InChI=1S/C18H17Cl3FN3O3S/c19-13-2-1-3-14(20)18(13)23-17(26)11-24-6-8-25(9-7-24)29(27,28)12-4-5-16(22)15(21)10-12/h1-5,10H,6-9,11H2,(H,23,26). The van der Waals surface area contributed by atoms with Gasteiger partial charge in [0.2, 0.25) is 15.9 Å². The van der Waals surface area contributed by atoms with Gasteiger partial charge in [-0.1, -0.05) is 40.9 Å². The van der Waals surface area contributed by atoms with Gasteiger partial charge in [0.1, 0.15) is 5.82 Å². The van der Waals surface area contributed by atoms with Crippen LogP contribution in [-0.4, -0.2) is 56.3 Å². The average Bonchev–Trinajstić information content (AvgIpc) is 2.67. The maximum absolute atomic E-state index is 13.3. The van der Waals surface area contributed by atoms with Crippen molar-refractivity contribution in [1.82, 2.24) is 9.21 Å². The lowest BCUT2D eigenvalue weighted by atomic mass is 10.3.